The van der Waals surface area contributed by atoms with Crippen molar-refractivity contribution in [3.63, 3.8) is 0 Å². The van der Waals surface area contributed by atoms with Crippen LogP contribution in [0.3, 0.4) is 0 Å². The Morgan fingerprint density at radius 2 is 2.10 bits per heavy atom. The first kappa shape index (κ1) is 15.1. The van der Waals surface area contributed by atoms with Crippen molar-refractivity contribution in [3.05, 3.63) is 29.0 Å². The summed E-state index contributed by atoms with van der Waals surface area (Å²) in [6, 6.07) is 5.34. The average Bonchev–Trinajstić information content (AvgIpc) is 3.22. The van der Waals surface area contributed by atoms with Crippen molar-refractivity contribution in [2.24, 2.45) is 11.8 Å². The fourth-order valence-electron chi connectivity index (χ4n) is 3.54. The van der Waals surface area contributed by atoms with Gasteiger partial charge in [0.15, 0.2) is 0 Å². The number of piperazine rings is 1. The van der Waals surface area contributed by atoms with Gasteiger partial charge in [-0.15, -0.1) is 0 Å². The lowest BCUT2D eigenvalue weighted by molar-refractivity contribution is 0.232. The number of rotatable bonds is 3. The molecule has 0 amide bonds. The molecular formula is C17H24ClFN2. The van der Waals surface area contributed by atoms with Crippen LogP contribution in [0.4, 0.5) is 10.1 Å². The van der Waals surface area contributed by atoms with Gasteiger partial charge in [-0.05, 0) is 49.8 Å². The zero-order valence-electron chi connectivity index (χ0n) is 13.0. The van der Waals surface area contributed by atoms with E-state index in [4.69, 9.17) is 11.6 Å². The van der Waals surface area contributed by atoms with Crippen LogP contribution in [0.25, 0.3) is 0 Å². The van der Waals surface area contributed by atoms with Gasteiger partial charge >= 0.3 is 0 Å². The van der Waals surface area contributed by atoms with E-state index in [0.717, 1.165) is 19.0 Å². The molecule has 1 aromatic carbocycles. The summed E-state index contributed by atoms with van der Waals surface area (Å²) < 4.78 is 14.4. The van der Waals surface area contributed by atoms with Crippen molar-refractivity contribution in [1.82, 2.24) is 5.32 Å². The largest absolute Gasteiger partial charge is 0.363 e. The first-order valence-electron chi connectivity index (χ1n) is 7.87. The van der Waals surface area contributed by atoms with Gasteiger partial charge in [0.1, 0.15) is 5.82 Å². The summed E-state index contributed by atoms with van der Waals surface area (Å²) in [6.07, 6.45) is 2.57. The number of nitrogens with zero attached hydrogens (tertiary/aromatic N) is 1. The molecule has 3 rings (SSSR count). The van der Waals surface area contributed by atoms with Gasteiger partial charge in [0.2, 0.25) is 0 Å². The number of hydrogen-bond acceptors (Lipinski definition) is 2. The summed E-state index contributed by atoms with van der Waals surface area (Å²) in [7, 11) is 0. The normalized spacial score (nSPS) is 30.0. The maximum Gasteiger partial charge on any atom is 0.147 e. The van der Waals surface area contributed by atoms with E-state index in [1.54, 1.807) is 6.07 Å². The lowest BCUT2D eigenvalue weighted by Crippen LogP contribution is -2.65. The minimum atomic E-state index is -0.215. The molecule has 2 unspecified atom stereocenters. The highest BCUT2D eigenvalue weighted by atomic mass is 35.5. The van der Waals surface area contributed by atoms with E-state index >= 15 is 0 Å². The molecule has 1 saturated carbocycles. The monoisotopic (exact) mass is 310 g/mol. The van der Waals surface area contributed by atoms with Crippen LogP contribution in [0.5, 0.6) is 0 Å². The zero-order valence-corrected chi connectivity index (χ0v) is 13.8. The van der Waals surface area contributed by atoms with Crippen molar-refractivity contribution in [2.45, 2.75) is 45.2 Å². The van der Waals surface area contributed by atoms with Crippen molar-refractivity contribution < 1.29 is 4.39 Å². The molecule has 1 aliphatic heterocycles. The van der Waals surface area contributed by atoms with Gasteiger partial charge in [0.25, 0.3) is 0 Å². The predicted octanol–water partition coefficient (Wildman–Crippen LogP) is 4.08. The zero-order chi connectivity index (χ0) is 15.2. The number of halogens is 2. The van der Waals surface area contributed by atoms with Gasteiger partial charge in [-0.2, -0.15) is 0 Å². The second-order valence-corrected chi connectivity index (χ2v) is 7.54. The Bertz CT molecular complexity index is 530. The molecule has 1 N–H and O–H groups in total. The number of benzene rings is 1. The van der Waals surface area contributed by atoms with Crippen LogP contribution in [-0.2, 0) is 0 Å². The van der Waals surface area contributed by atoms with Crippen molar-refractivity contribution >= 4 is 17.3 Å². The fraction of sp³-hybridized carbons (Fsp3) is 0.647. The molecule has 1 aliphatic carbocycles. The highest BCUT2D eigenvalue weighted by molar-refractivity contribution is 6.30. The molecule has 4 heteroatoms. The molecule has 0 radical (unpaired) electrons. The lowest BCUT2D eigenvalue weighted by Gasteiger charge is -2.49. The van der Waals surface area contributed by atoms with E-state index in [9.17, 15) is 4.39 Å². The molecule has 21 heavy (non-hydrogen) atoms. The summed E-state index contributed by atoms with van der Waals surface area (Å²) in [6.45, 7) is 8.45. The Hall–Kier alpha value is -0.800. The maximum atomic E-state index is 14.4. The van der Waals surface area contributed by atoms with Gasteiger partial charge in [0, 0.05) is 29.7 Å². The quantitative estimate of drug-likeness (QED) is 0.905. The summed E-state index contributed by atoms with van der Waals surface area (Å²) in [5.41, 5.74) is 0.781. The van der Waals surface area contributed by atoms with Gasteiger partial charge in [0.05, 0.1) is 5.69 Å². The Morgan fingerprint density at radius 3 is 2.67 bits per heavy atom. The smallest absolute Gasteiger partial charge is 0.147 e. The van der Waals surface area contributed by atoms with E-state index in [2.05, 4.69) is 31.0 Å². The van der Waals surface area contributed by atoms with Crippen LogP contribution < -0.4 is 10.2 Å². The summed E-state index contributed by atoms with van der Waals surface area (Å²) in [5, 5.41) is 4.19. The second-order valence-electron chi connectivity index (χ2n) is 7.11. The third-order valence-corrected chi connectivity index (χ3v) is 5.32. The van der Waals surface area contributed by atoms with Crippen molar-refractivity contribution in [3.8, 4) is 0 Å². The molecule has 1 aromatic rings. The van der Waals surface area contributed by atoms with E-state index in [1.165, 1.54) is 18.9 Å². The fourth-order valence-corrected chi connectivity index (χ4v) is 3.70. The highest BCUT2D eigenvalue weighted by Crippen LogP contribution is 2.43. The van der Waals surface area contributed by atoms with Crippen LogP contribution in [0.2, 0.25) is 5.02 Å². The lowest BCUT2D eigenvalue weighted by atomic mass is 9.87. The molecule has 0 spiro atoms. The Kier molecular flexibility index (Phi) is 3.91. The molecule has 1 heterocycles. The minimum Gasteiger partial charge on any atom is -0.363 e. The first-order valence-corrected chi connectivity index (χ1v) is 8.25. The summed E-state index contributed by atoms with van der Waals surface area (Å²) in [4.78, 5) is 2.26. The number of nitrogens with one attached hydrogen (secondary N) is 1. The van der Waals surface area contributed by atoms with Gasteiger partial charge in [-0.1, -0.05) is 25.4 Å². The van der Waals surface area contributed by atoms with Gasteiger partial charge in [-0.3, -0.25) is 0 Å². The van der Waals surface area contributed by atoms with Crippen LogP contribution >= 0.6 is 11.6 Å². The molecule has 0 bridgehead atoms. The molecule has 116 valence electrons. The molecule has 2 nitrogen and oxygen atoms in total. The van der Waals surface area contributed by atoms with Crippen molar-refractivity contribution in [2.75, 3.05) is 18.0 Å². The number of hydrogen-bond donors (Lipinski definition) is 1. The van der Waals surface area contributed by atoms with Gasteiger partial charge in [-0.25, -0.2) is 4.39 Å². The molecule has 2 aliphatic rings. The Labute approximate surface area is 131 Å². The summed E-state index contributed by atoms with van der Waals surface area (Å²) >= 11 is 5.90. The molecule has 0 aromatic heterocycles. The standard InChI is InChI=1S/C17H24ClFN2/c1-11(2)16-9-20-17(3,12-4-5-12)10-21(16)15-7-6-13(18)8-14(15)19/h6-8,11-12,16,20H,4-5,9-10H2,1-3H3. The van der Waals surface area contributed by atoms with Crippen LogP contribution in [0, 0.1) is 17.7 Å². The summed E-state index contributed by atoms with van der Waals surface area (Å²) in [5.74, 6) is 0.980. The average molecular weight is 311 g/mol. The number of anilines is 1. The van der Waals surface area contributed by atoms with E-state index in [0.29, 0.717) is 22.7 Å². The molecule has 1 saturated heterocycles. The Balaban J connectivity index is 1.93. The topological polar surface area (TPSA) is 15.3 Å². The third kappa shape index (κ3) is 2.91. The van der Waals surface area contributed by atoms with E-state index in [-0.39, 0.29) is 11.4 Å². The molecule has 2 fully saturated rings. The minimum absolute atomic E-state index is 0.0947. The SMILES string of the molecule is CC(C)C1CNC(C)(C2CC2)CN1c1ccc(Cl)cc1F. The van der Waals surface area contributed by atoms with Crippen LogP contribution in [0.15, 0.2) is 18.2 Å². The molecule has 2 atom stereocenters. The molecular weight excluding hydrogens is 287 g/mol. The van der Waals surface area contributed by atoms with E-state index < -0.39 is 0 Å². The predicted molar refractivity (Wildman–Crippen MR) is 86.5 cm³/mol. The highest BCUT2D eigenvalue weighted by Gasteiger charge is 2.46. The third-order valence-electron chi connectivity index (χ3n) is 5.08. The van der Waals surface area contributed by atoms with Crippen LogP contribution in [0.1, 0.15) is 33.6 Å². The maximum absolute atomic E-state index is 14.4. The first-order chi connectivity index (χ1) is 9.90. The van der Waals surface area contributed by atoms with Crippen molar-refractivity contribution in [1.29, 1.82) is 0 Å². The van der Waals surface area contributed by atoms with Gasteiger partial charge < -0.3 is 10.2 Å². The second kappa shape index (κ2) is 5.44. The van der Waals surface area contributed by atoms with Crippen LogP contribution in [-0.4, -0.2) is 24.7 Å². The Morgan fingerprint density at radius 1 is 1.38 bits per heavy atom. The van der Waals surface area contributed by atoms with E-state index in [1.807, 2.05) is 6.07 Å².